The fraction of sp³-hybridized carbons (Fsp3) is 0.615. The highest BCUT2D eigenvalue weighted by Gasteiger charge is 2.48. The number of thiol groups is 1. The second-order valence-corrected chi connectivity index (χ2v) is 7.99. The normalized spacial score (nSPS) is 23.3. The van der Waals surface area contributed by atoms with Crippen molar-refractivity contribution in [2.75, 3.05) is 21.3 Å². The van der Waals surface area contributed by atoms with E-state index in [1.54, 1.807) is 21.3 Å². The van der Waals surface area contributed by atoms with Crippen molar-refractivity contribution in [1.29, 1.82) is 0 Å². The molecule has 0 aromatic carbocycles. The van der Waals surface area contributed by atoms with E-state index in [-0.39, 0.29) is 5.12 Å². The molecule has 0 bridgehead atoms. The number of rotatable bonds is 7. The largest absolute Gasteiger partial charge is 0.532 e. The van der Waals surface area contributed by atoms with Gasteiger partial charge in [-0.25, -0.2) is 0 Å². The van der Waals surface area contributed by atoms with Crippen molar-refractivity contribution in [3.05, 3.63) is 23.4 Å². The Hall–Kier alpha value is -0.403. The van der Waals surface area contributed by atoms with E-state index < -0.39 is 14.2 Å². The number of carbonyl (C=O) groups excluding carboxylic acids is 1. The smallest absolute Gasteiger partial charge is 0.374 e. The van der Waals surface area contributed by atoms with Crippen LogP contribution in [0.2, 0.25) is 0 Å². The van der Waals surface area contributed by atoms with Gasteiger partial charge in [-0.05, 0) is 12.8 Å². The van der Waals surface area contributed by atoms with Crippen LogP contribution in [0.5, 0.6) is 0 Å². The summed E-state index contributed by atoms with van der Waals surface area (Å²) in [7, 11) is 1.86. The molecule has 1 aliphatic rings. The third-order valence-corrected chi connectivity index (χ3v) is 6.73. The molecule has 0 heterocycles. The van der Waals surface area contributed by atoms with Gasteiger partial charge in [0, 0.05) is 26.5 Å². The quantitative estimate of drug-likeness (QED) is 0.580. The third-order valence-electron chi connectivity index (χ3n) is 3.54. The van der Waals surface area contributed by atoms with E-state index in [2.05, 4.69) is 19.6 Å². The molecule has 0 aliphatic heterocycles. The van der Waals surface area contributed by atoms with Gasteiger partial charge in [0.1, 0.15) is 0 Å². The number of hydrogen-bond acceptors (Lipinski definition) is 4. The van der Waals surface area contributed by atoms with Crippen molar-refractivity contribution >= 4 is 26.5 Å². The average Bonchev–Trinajstić information content (AvgIpc) is 2.42. The zero-order valence-electron chi connectivity index (χ0n) is 11.9. The Kier molecular flexibility index (Phi) is 6.00. The van der Waals surface area contributed by atoms with Gasteiger partial charge in [0.25, 0.3) is 0 Å². The summed E-state index contributed by atoms with van der Waals surface area (Å²) in [6.07, 6.45) is 7.93. The highest BCUT2D eigenvalue weighted by Crippen LogP contribution is 2.41. The summed E-state index contributed by atoms with van der Waals surface area (Å²) < 4.78 is 16.4. The van der Waals surface area contributed by atoms with Crippen LogP contribution in [0.25, 0.3) is 0 Å². The third kappa shape index (κ3) is 3.20. The van der Waals surface area contributed by atoms with E-state index in [1.165, 1.54) is 0 Å². The molecule has 1 atom stereocenters. The summed E-state index contributed by atoms with van der Waals surface area (Å²) in [5.74, 6) is 0. The topological polar surface area (TPSA) is 44.8 Å². The van der Waals surface area contributed by atoms with Crippen LogP contribution in [0.15, 0.2) is 23.4 Å². The van der Waals surface area contributed by atoms with E-state index >= 15 is 0 Å². The van der Waals surface area contributed by atoms with E-state index in [1.807, 2.05) is 18.2 Å². The molecule has 1 rings (SSSR count). The van der Waals surface area contributed by atoms with Gasteiger partial charge in [-0.15, -0.1) is 12.6 Å². The lowest BCUT2D eigenvalue weighted by molar-refractivity contribution is -0.117. The molecule has 0 spiro atoms. The van der Waals surface area contributed by atoms with Gasteiger partial charge in [-0.2, -0.15) is 0 Å². The fourth-order valence-corrected chi connectivity index (χ4v) is 4.92. The molecule has 0 amide bonds. The number of hydrogen-bond donors (Lipinski definition) is 1. The summed E-state index contributed by atoms with van der Waals surface area (Å²) in [6.45, 7) is 2.05. The minimum absolute atomic E-state index is 0.123. The van der Waals surface area contributed by atoms with Crippen molar-refractivity contribution in [1.82, 2.24) is 0 Å². The molecule has 0 N–H and O–H groups in total. The van der Waals surface area contributed by atoms with Crippen LogP contribution in [0.4, 0.5) is 0 Å². The second kappa shape index (κ2) is 6.85. The zero-order valence-corrected chi connectivity index (χ0v) is 13.8. The van der Waals surface area contributed by atoms with Crippen molar-refractivity contribution in [3.63, 3.8) is 0 Å². The van der Waals surface area contributed by atoms with Crippen molar-refractivity contribution < 1.29 is 18.1 Å². The summed E-state index contributed by atoms with van der Waals surface area (Å²) in [5, 5.41) is 0.792. The van der Waals surface area contributed by atoms with Gasteiger partial charge in [-0.1, -0.05) is 31.6 Å². The average molecular weight is 302 g/mol. The minimum atomic E-state index is -2.86. The van der Waals surface area contributed by atoms with Crippen LogP contribution in [0.3, 0.4) is 0 Å². The van der Waals surface area contributed by atoms with Crippen molar-refractivity contribution in [3.8, 4) is 0 Å². The van der Waals surface area contributed by atoms with Gasteiger partial charge in [0.05, 0.1) is 5.41 Å². The maximum Gasteiger partial charge on any atom is 0.532 e. The highest BCUT2D eigenvalue weighted by molar-refractivity contribution is 7.96. The van der Waals surface area contributed by atoms with E-state index in [0.717, 1.165) is 18.0 Å². The van der Waals surface area contributed by atoms with E-state index in [9.17, 15) is 4.79 Å². The number of carbonyl (C=O) groups is 1. The predicted molar refractivity (Wildman–Crippen MR) is 80.0 cm³/mol. The molecule has 0 saturated heterocycles. The maximum absolute atomic E-state index is 11.9. The summed E-state index contributed by atoms with van der Waals surface area (Å²) in [4.78, 5) is 11.9. The first-order valence-electron chi connectivity index (χ1n) is 6.28. The van der Waals surface area contributed by atoms with Crippen molar-refractivity contribution in [2.24, 2.45) is 5.41 Å². The Morgan fingerprint density at radius 1 is 1.37 bits per heavy atom. The molecule has 0 aromatic rings. The first-order valence-corrected chi connectivity index (χ1v) is 8.45. The first kappa shape index (κ1) is 16.7. The molecular weight excluding hydrogens is 280 g/mol. The van der Waals surface area contributed by atoms with Gasteiger partial charge >= 0.3 is 8.80 Å². The van der Waals surface area contributed by atoms with Gasteiger partial charge < -0.3 is 13.3 Å². The maximum atomic E-state index is 11.9. The zero-order chi connectivity index (χ0) is 14.5. The van der Waals surface area contributed by atoms with Crippen LogP contribution in [-0.2, 0) is 18.1 Å². The molecule has 1 unspecified atom stereocenters. The molecule has 0 fully saturated rings. The molecule has 4 nitrogen and oxygen atoms in total. The first-order chi connectivity index (χ1) is 9.00. The highest BCUT2D eigenvalue weighted by atomic mass is 32.1. The van der Waals surface area contributed by atoms with Crippen LogP contribution in [0.1, 0.15) is 26.2 Å². The fourth-order valence-electron chi connectivity index (χ4n) is 2.53. The monoisotopic (exact) mass is 302 g/mol. The molecule has 0 aromatic heterocycles. The summed E-state index contributed by atoms with van der Waals surface area (Å²) in [6, 6.07) is 0. The molecule has 0 saturated carbocycles. The lowest BCUT2D eigenvalue weighted by Gasteiger charge is -2.35. The number of allylic oxidation sites excluding steroid dienone is 4. The van der Waals surface area contributed by atoms with Crippen LogP contribution >= 0.6 is 12.6 Å². The van der Waals surface area contributed by atoms with Crippen molar-refractivity contribution in [2.45, 2.75) is 26.2 Å². The van der Waals surface area contributed by atoms with Crippen LogP contribution < -0.4 is 0 Å². The Balaban J connectivity index is 3.11. The lowest BCUT2D eigenvalue weighted by Crippen LogP contribution is -2.48. The Morgan fingerprint density at radius 3 is 2.37 bits per heavy atom. The van der Waals surface area contributed by atoms with E-state index in [0.29, 0.717) is 6.42 Å². The van der Waals surface area contributed by atoms with E-state index in [4.69, 9.17) is 13.3 Å². The summed E-state index contributed by atoms with van der Waals surface area (Å²) in [5.41, 5.74) is -0.574. The van der Waals surface area contributed by atoms with Crippen LogP contribution in [0, 0.1) is 5.41 Å². The SMILES string of the molecule is CCCC1(C(=O)S)C=CC=C([Si](OC)(OC)OC)C1. The standard InChI is InChI=1S/C13H22O4SSi/c1-5-8-13(12(14)18)9-6-7-11(10-13)19(15-2,16-3)17-4/h6-7,9H,5,8,10H2,1-4H3,(H,14,18). The molecule has 6 heteroatoms. The van der Waals surface area contributed by atoms with Gasteiger partial charge in [0.15, 0.2) is 5.12 Å². The molecule has 1 aliphatic carbocycles. The summed E-state index contributed by atoms with van der Waals surface area (Å²) >= 11 is 4.06. The van der Waals surface area contributed by atoms with Crippen LogP contribution in [-0.4, -0.2) is 35.2 Å². The Labute approximate surface area is 121 Å². The second-order valence-electron chi connectivity index (χ2n) is 4.61. The minimum Gasteiger partial charge on any atom is -0.374 e. The van der Waals surface area contributed by atoms with Gasteiger partial charge in [-0.3, -0.25) is 4.79 Å². The molecular formula is C13H22O4SSi. The molecule has 0 radical (unpaired) electrons. The lowest BCUT2D eigenvalue weighted by atomic mass is 9.79. The molecule has 19 heavy (non-hydrogen) atoms. The molecule has 108 valence electrons. The van der Waals surface area contributed by atoms with Gasteiger partial charge in [0.2, 0.25) is 0 Å². The Morgan fingerprint density at radius 2 is 1.95 bits per heavy atom. The Bertz CT molecular complexity index is 382. The predicted octanol–water partition coefficient (Wildman–Crippen LogP) is 2.53.